The van der Waals surface area contributed by atoms with Crippen molar-refractivity contribution in [2.45, 2.75) is 57.4 Å². The maximum Gasteiger partial charge on any atom is 0.264 e. The third kappa shape index (κ3) is 11.7. The Balaban J connectivity index is 0.747. The molecule has 4 aliphatic rings. The zero-order chi connectivity index (χ0) is 47.8. The van der Waals surface area contributed by atoms with Crippen molar-refractivity contribution in [2.75, 3.05) is 84.4 Å². The predicted molar refractivity (Wildman–Crippen MR) is 251 cm³/mol. The van der Waals surface area contributed by atoms with Gasteiger partial charge in [0.1, 0.15) is 11.8 Å². The van der Waals surface area contributed by atoms with Gasteiger partial charge < -0.3 is 30.1 Å². The second-order valence-electron chi connectivity index (χ2n) is 16.9. The highest BCUT2D eigenvalue weighted by Crippen LogP contribution is 2.39. The molecule has 356 valence electrons. The number of hydrogen-bond acceptors (Lipinski definition) is 11. The van der Waals surface area contributed by atoms with Gasteiger partial charge in [0.2, 0.25) is 29.5 Å². The van der Waals surface area contributed by atoms with Crippen molar-refractivity contribution >= 4 is 87.7 Å². The first-order valence-electron chi connectivity index (χ1n) is 22.5. The van der Waals surface area contributed by atoms with Gasteiger partial charge in [0.15, 0.2) is 0 Å². The van der Waals surface area contributed by atoms with Crippen LogP contribution in [0.15, 0.2) is 48.5 Å². The van der Waals surface area contributed by atoms with Crippen LogP contribution in [-0.4, -0.2) is 157 Å². The molecule has 0 saturated carbocycles. The summed E-state index contributed by atoms with van der Waals surface area (Å²) in [4.78, 5) is 111. The number of carbonyl (C=O) groups excluding carboxylic acids is 8. The number of ether oxygens (including phenoxy) is 1. The second-order valence-corrected chi connectivity index (χ2v) is 18.1. The van der Waals surface area contributed by atoms with Gasteiger partial charge in [-0.15, -0.1) is 0 Å². The molecule has 3 N–H and O–H groups in total. The summed E-state index contributed by atoms with van der Waals surface area (Å²) in [5.41, 5.74) is 2.40. The second kappa shape index (κ2) is 22.4. The first-order valence-corrected chi connectivity index (χ1v) is 23.6. The number of fused-ring (bicyclic) bond motifs is 1. The van der Waals surface area contributed by atoms with Crippen molar-refractivity contribution in [3.63, 3.8) is 0 Å². The van der Waals surface area contributed by atoms with Crippen LogP contribution in [0.25, 0.3) is 11.1 Å². The number of anilines is 1. The van der Waals surface area contributed by atoms with Crippen LogP contribution in [0.1, 0.15) is 82.4 Å². The molecule has 3 aromatic carbocycles. The number of nitrogens with one attached hydrogen (secondary N) is 3. The fourth-order valence-corrected chi connectivity index (χ4v) is 9.44. The average molecular weight is 980 g/mol. The van der Waals surface area contributed by atoms with Gasteiger partial charge in [-0.2, -0.15) is 0 Å². The number of unbranched alkanes of at least 4 members (excludes halogenated alkanes) is 3. The molecule has 0 aromatic heterocycles. The van der Waals surface area contributed by atoms with Crippen molar-refractivity contribution in [2.24, 2.45) is 0 Å². The lowest BCUT2D eigenvalue weighted by Crippen LogP contribution is -2.54. The number of piperidine rings is 1. The minimum absolute atomic E-state index is 0.0553. The van der Waals surface area contributed by atoms with E-state index in [9.17, 15) is 38.4 Å². The predicted octanol–water partition coefficient (Wildman–Crippen LogP) is 4.72. The van der Waals surface area contributed by atoms with Gasteiger partial charge in [-0.25, -0.2) is 0 Å². The Morgan fingerprint density at radius 2 is 1.36 bits per heavy atom. The summed E-state index contributed by atoms with van der Waals surface area (Å²) in [6.45, 7) is 4.57. The van der Waals surface area contributed by atoms with Gasteiger partial charge >= 0.3 is 0 Å². The minimum atomic E-state index is -1.02. The fourth-order valence-electron chi connectivity index (χ4n) is 8.79. The highest BCUT2D eigenvalue weighted by atomic mass is 35.5. The van der Waals surface area contributed by atoms with Crippen LogP contribution in [0.5, 0.6) is 5.75 Å². The number of hydrogen-bond donors (Lipinski definition) is 3. The Morgan fingerprint density at radius 1 is 0.716 bits per heavy atom. The van der Waals surface area contributed by atoms with Gasteiger partial charge in [-0.3, -0.25) is 53.5 Å². The zero-order valence-electron chi connectivity index (χ0n) is 37.2. The van der Waals surface area contributed by atoms with Crippen LogP contribution in [0, 0.1) is 0 Å². The molecule has 8 amide bonds. The molecule has 4 heterocycles. The van der Waals surface area contributed by atoms with E-state index in [0.29, 0.717) is 109 Å². The van der Waals surface area contributed by atoms with Crippen molar-refractivity contribution in [1.29, 1.82) is 0 Å². The number of halogens is 3. The van der Waals surface area contributed by atoms with Gasteiger partial charge in [-0.05, 0) is 55.7 Å². The van der Waals surface area contributed by atoms with E-state index in [1.54, 1.807) is 63.2 Å². The van der Waals surface area contributed by atoms with E-state index in [1.807, 2.05) is 4.90 Å². The van der Waals surface area contributed by atoms with Crippen molar-refractivity contribution in [3.05, 3.63) is 80.3 Å². The summed E-state index contributed by atoms with van der Waals surface area (Å²) in [6, 6.07) is 12.2. The fraction of sp³-hybridized carbons (Fsp3) is 0.447. The molecule has 67 heavy (non-hydrogen) atoms. The molecule has 20 heteroatoms. The maximum atomic E-state index is 13.7. The highest BCUT2D eigenvalue weighted by molar-refractivity contribution is 6.38. The third-order valence-electron chi connectivity index (χ3n) is 12.5. The van der Waals surface area contributed by atoms with Crippen LogP contribution >= 0.6 is 34.8 Å². The summed E-state index contributed by atoms with van der Waals surface area (Å²) < 4.78 is 5.50. The Morgan fingerprint density at radius 3 is 2.03 bits per heavy atom. The first-order chi connectivity index (χ1) is 32.2. The Bertz CT molecular complexity index is 2440. The van der Waals surface area contributed by atoms with E-state index in [0.717, 1.165) is 30.6 Å². The zero-order valence-corrected chi connectivity index (χ0v) is 39.4. The quantitative estimate of drug-likeness (QED) is 0.125. The van der Waals surface area contributed by atoms with Crippen LogP contribution in [0.3, 0.4) is 0 Å². The topological polar surface area (TPSA) is 198 Å². The molecule has 1 unspecified atom stereocenters. The standard InChI is InChI=1S/C47H53Cl3N8O9/c1-67-38-27-35(50)32(31-25-29(48)9-10-34(31)49)26-33(38)45(64)57-23-21-56(22-24-57)42(62)14-13-41(61)55-19-17-54(18-20-55)28-40(60)52-16-5-3-2-4-15-51-36-8-6-7-30-43(36)47(66)58(46(30)65)37-11-12-39(59)53-44(37)63/h6-10,25-27,37,51H,2-5,11-24,28H2,1H3,(H,52,60)(H,53,59,63). The van der Waals surface area contributed by atoms with E-state index < -0.39 is 29.7 Å². The van der Waals surface area contributed by atoms with Crippen LogP contribution in [-0.2, 0) is 24.0 Å². The maximum absolute atomic E-state index is 13.7. The summed E-state index contributed by atoms with van der Waals surface area (Å²) in [5, 5.41) is 9.67. The number of nitrogens with zero attached hydrogens (tertiary/aromatic N) is 5. The summed E-state index contributed by atoms with van der Waals surface area (Å²) >= 11 is 19.2. The molecule has 1 atom stereocenters. The normalized spacial score (nSPS) is 17.6. The Kier molecular flexibility index (Phi) is 16.4. The highest BCUT2D eigenvalue weighted by Gasteiger charge is 2.45. The molecule has 3 aromatic rings. The first kappa shape index (κ1) is 49.2. The van der Waals surface area contributed by atoms with Crippen molar-refractivity contribution in [1.82, 2.24) is 35.1 Å². The molecule has 0 bridgehead atoms. The molecular weight excluding hydrogens is 927 g/mol. The number of piperazine rings is 2. The molecule has 0 aliphatic carbocycles. The molecular formula is C47H53Cl3N8O9. The molecule has 3 fully saturated rings. The van der Waals surface area contributed by atoms with Crippen LogP contribution in [0.4, 0.5) is 5.69 Å². The number of benzene rings is 3. The van der Waals surface area contributed by atoms with Gasteiger partial charge in [0.05, 0.1) is 35.4 Å². The lowest BCUT2D eigenvalue weighted by atomic mass is 10.0. The summed E-state index contributed by atoms with van der Waals surface area (Å²) in [5.74, 6) is -2.48. The van der Waals surface area contributed by atoms with E-state index in [-0.39, 0.29) is 67.0 Å². The monoisotopic (exact) mass is 978 g/mol. The minimum Gasteiger partial charge on any atom is -0.496 e. The summed E-state index contributed by atoms with van der Waals surface area (Å²) in [7, 11) is 1.46. The number of rotatable bonds is 17. The number of imide groups is 2. The van der Waals surface area contributed by atoms with Gasteiger partial charge in [-0.1, -0.05) is 53.7 Å². The van der Waals surface area contributed by atoms with E-state index in [1.165, 1.54) is 7.11 Å². The SMILES string of the molecule is COc1cc(Cl)c(-c2cc(Cl)ccc2Cl)cc1C(=O)N1CCN(C(=O)CCC(=O)N2CCN(CC(=O)NCCCCCCNc3cccc4c3C(=O)N(C3CCC(=O)NC3=O)C4=O)CC2)CC1. The van der Waals surface area contributed by atoms with E-state index in [2.05, 4.69) is 16.0 Å². The molecule has 3 saturated heterocycles. The van der Waals surface area contributed by atoms with Gasteiger partial charge in [0.25, 0.3) is 17.7 Å². The number of carbonyl (C=O) groups is 8. The van der Waals surface area contributed by atoms with Gasteiger partial charge in [0, 0.05) is 118 Å². The molecule has 4 aliphatic heterocycles. The Hall–Kier alpha value is -5.75. The smallest absolute Gasteiger partial charge is 0.264 e. The van der Waals surface area contributed by atoms with Crippen molar-refractivity contribution < 1.29 is 43.1 Å². The van der Waals surface area contributed by atoms with E-state index in [4.69, 9.17) is 39.5 Å². The van der Waals surface area contributed by atoms with Crippen LogP contribution < -0.4 is 20.7 Å². The average Bonchev–Trinajstić information content (AvgIpc) is 3.58. The molecule has 0 radical (unpaired) electrons. The lowest BCUT2D eigenvalue weighted by molar-refractivity contribution is -0.139. The van der Waals surface area contributed by atoms with Crippen molar-refractivity contribution in [3.8, 4) is 16.9 Å². The molecule has 0 spiro atoms. The largest absolute Gasteiger partial charge is 0.496 e. The van der Waals surface area contributed by atoms with E-state index >= 15 is 0 Å². The number of amides is 8. The molecule has 7 rings (SSSR count). The third-order valence-corrected chi connectivity index (χ3v) is 13.4. The molecule has 17 nitrogen and oxygen atoms in total. The number of methoxy groups -OCH3 is 1. The lowest BCUT2D eigenvalue weighted by Gasteiger charge is -2.36. The Labute approximate surface area is 403 Å². The summed E-state index contributed by atoms with van der Waals surface area (Å²) in [6.07, 6.45) is 3.61. The van der Waals surface area contributed by atoms with Crippen LogP contribution in [0.2, 0.25) is 15.1 Å².